The number of aromatic nitrogens is 1. The molecule has 14 heavy (non-hydrogen) atoms. The summed E-state index contributed by atoms with van der Waals surface area (Å²) in [6.45, 7) is 6.25. The van der Waals surface area contributed by atoms with Crippen molar-refractivity contribution in [3.05, 3.63) is 24.0 Å². The van der Waals surface area contributed by atoms with Gasteiger partial charge >= 0.3 is 0 Å². The van der Waals surface area contributed by atoms with Crippen LogP contribution in [-0.2, 0) is 5.60 Å². The molecule has 1 atom stereocenters. The Morgan fingerprint density at radius 3 is 2.71 bits per heavy atom. The highest BCUT2D eigenvalue weighted by molar-refractivity contribution is 5.27. The van der Waals surface area contributed by atoms with Crippen LogP contribution < -0.4 is 4.74 Å². The number of pyridine rings is 1. The highest BCUT2D eigenvalue weighted by Gasteiger charge is 2.21. The van der Waals surface area contributed by atoms with Gasteiger partial charge in [-0.3, -0.25) is 4.98 Å². The van der Waals surface area contributed by atoms with Crippen molar-refractivity contribution in [2.75, 3.05) is 6.61 Å². The van der Waals surface area contributed by atoms with E-state index in [1.165, 1.54) is 0 Å². The molecule has 1 rings (SSSR count). The molecule has 0 aliphatic heterocycles. The van der Waals surface area contributed by atoms with Gasteiger partial charge in [0.2, 0.25) is 0 Å². The van der Waals surface area contributed by atoms with E-state index in [9.17, 15) is 5.11 Å². The van der Waals surface area contributed by atoms with Gasteiger partial charge in [0.25, 0.3) is 0 Å². The second kappa shape index (κ2) is 4.42. The molecular weight excluding hydrogens is 178 g/mol. The average molecular weight is 195 g/mol. The van der Waals surface area contributed by atoms with Crippen LogP contribution in [0.5, 0.6) is 5.75 Å². The van der Waals surface area contributed by atoms with Crippen LogP contribution in [0.3, 0.4) is 0 Å². The fraction of sp³-hybridized carbons (Fsp3) is 0.545. The third-order valence-corrected chi connectivity index (χ3v) is 2.33. The molecule has 0 saturated carbocycles. The quantitative estimate of drug-likeness (QED) is 0.800. The maximum absolute atomic E-state index is 9.99. The van der Waals surface area contributed by atoms with E-state index in [-0.39, 0.29) is 0 Å². The van der Waals surface area contributed by atoms with Crippen LogP contribution in [0.4, 0.5) is 0 Å². The highest BCUT2D eigenvalue weighted by Crippen LogP contribution is 2.25. The SMILES string of the molecule is CCOc1cncc(C(C)(O)CC)c1. The lowest BCUT2D eigenvalue weighted by molar-refractivity contribution is 0.0524. The van der Waals surface area contributed by atoms with Gasteiger partial charge in [-0.25, -0.2) is 0 Å². The number of ether oxygens (including phenoxy) is 1. The number of nitrogens with zero attached hydrogens (tertiary/aromatic N) is 1. The zero-order valence-corrected chi connectivity index (χ0v) is 8.95. The minimum Gasteiger partial charge on any atom is -0.492 e. The zero-order valence-electron chi connectivity index (χ0n) is 8.95. The van der Waals surface area contributed by atoms with Crippen molar-refractivity contribution in [3.63, 3.8) is 0 Å². The van der Waals surface area contributed by atoms with E-state index in [4.69, 9.17) is 4.74 Å². The summed E-state index contributed by atoms with van der Waals surface area (Å²) in [5.74, 6) is 0.707. The van der Waals surface area contributed by atoms with Gasteiger partial charge < -0.3 is 9.84 Å². The van der Waals surface area contributed by atoms with Crippen LogP contribution in [0.2, 0.25) is 0 Å². The minimum atomic E-state index is -0.819. The van der Waals surface area contributed by atoms with Gasteiger partial charge in [0, 0.05) is 11.8 Å². The molecule has 3 heteroatoms. The Balaban J connectivity index is 2.93. The minimum absolute atomic E-state index is 0.611. The fourth-order valence-electron chi connectivity index (χ4n) is 1.16. The van der Waals surface area contributed by atoms with E-state index in [2.05, 4.69) is 4.98 Å². The second-order valence-corrected chi connectivity index (χ2v) is 3.47. The number of rotatable bonds is 4. The third-order valence-electron chi connectivity index (χ3n) is 2.33. The molecule has 0 fully saturated rings. The largest absolute Gasteiger partial charge is 0.492 e. The molecule has 0 aliphatic rings. The van der Waals surface area contributed by atoms with Crippen LogP contribution in [0.15, 0.2) is 18.5 Å². The van der Waals surface area contributed by atoms with Crippen molar-refractivity contribution in [1.82, 2.24) is 4.98 Å². The van der Waals surface area contributed by atoms with Gasteiger partial charge in [0.15, 0.2) is 0 Å². The van der Waals surface area contributed by atoms with Crippen LogP contribution >= 0.6 is 0 Å². The van der Waals surface area contributed by atoms with Crippen molar-refractivity contribution in [2.24, 2.45) is 0 Å². The highest BCUT2D eigenvalue weighted by atomic mass is 16.5. The standard InChI is InChI=1S/C11H17NO2/c1-4-11(3,13)9-6-10(14-5-2)8-12-7-9/h6-8,13H,4-5H2,1-3H3. The van der Waals surface area contributed by atoms with Gasteiger partial charge in [-0.2, -0.15) is 0 Å². The summed E-state index contributed by atoms with van der Waals surface area (Å²) in [5, 5.41) is 9.99. The predicted molar refractivity (Wildman–Crippen MR) is 55.3 cm³/mol. The Morgan fingerprint density at radius 2 is 2.14 bits per heavy atom. The molecule has 1 unspecified atom stereocenters. The Labute approximate surface area is 84.7 Å². The summed E-state index contributed by atoms with van der Waals surface area (Å²) in [6, 6.07) is 1.83. The molecular formula is C11H17NO2. The van der Waals surface area contributed by atoms with E-state index in [0.717, 1.165) is 5.56 Å². The molecule has 0 spiro atoms. The van der Waals surface area contributed by atoms with Crippen LogP contribution in [0, 0.1) is 0 Å². The summed E-state index contributed by atoms with van der Waals surface area (Å²) < 4.78 is 5.31. The van der Waals surface area contributed by atoms with Crippen molar-refractivity contribution in [3.8, 4) is 5.75 Å². The van der Waals surface area contributed by atoms with Crippen molar-refractivity contribution < 1.29 is 9.84 Å². The van der Waals surface area contributed by atoms with Crippen molar-refractivity contribution in [1.29, 1.82) is 0 Å². The molecule has 0 amide bonds. The molecule has 0 aromatic carbocycles. The van der Waals surface area contributed by atoms with Gasteiger partial charge in [-0.15, -0.1) is 0 Å². The zero-order chi connectivity index (χ0) is 10.6. The van der Waals surface area contributed by atoms with Crippen LogP contribution in [-0.4, -0.2) is 16.7 Å². The van der Waals surface area contributed by atoms with Gasteiger partial charge in [-0.1, -0.05) is 6.92 Å². The predicted octanol–water partition coefficient (Wildman–Crippen LogP) is 2.10. The summed E-state index contributed by atoms with van der Waals surface area (Å²) in [7, 11) is 0. The first kappa shape index (κ1) is 11.0. The summed E-state index contributed by atoms with van der Waals surface area (Å²) in [4.78, 5) is 4.03. The van der Waals surface area contributed by atoms with E-state index in [1.807, 2.05) is 19.9 Å². The normalized spacial score (nSPS) is 14.9. The molecule has 1 aromatic rings. The Morgan fingerprint density at radius 1 is 1.43 bits per heavy atom. The Hall–Kier alpha value is -1.09. The number of aliphatic hydroxyl groups is 1. The third kappa shape index (κ3) is 2.45. The van der Waals surface area contributed by atoms with E-state index in [1.54, 1.807) is 19.3 Å². The maximum atomic E-state index is 9.99. The monoisotopic (exact) mass is 195 g/mol. The Bertz CT molecular complexity index is 297. The molecule has 0 radical (unpaired) electrons. The van der Waals surface area contributed by atoms with Crippen LogP contribution in [0.1, 0.15) is 32.8 Å². The molecule has 0 bridgehead atoms. The second-order valence-electron chi connectivity index (χ2n) is 3.47. The molecule has 1 aromatic heterocycles. The summed E-state index contributed by atoms with van der Waals surface area (Å²) >= 11 is 0. The van der Waals surface area contributed by atoms with E-state index < -0.39 is 5.60 Å². The van der Waals surface area contributed by atoms with E-state index in [0.29, 0.717) is 18.8 Å². The molecule has 1 N–H and O–H groups in total. The molecule has 3 nitrogen and oxygen atoms in total. The number of hydrogen-bond donors (Lipinski definition) is 1. The first-order chi connectivity index (χ1) is 6.60. The number of hydrogen-bond acceptors (Lipinski definition) is 3. The van der Waals surface area contributed by atoms with E-state index >= 15 is 0 Å². The lowest BCUT2D eigenvalue weighted by Gasteiger charge is -2.21. The van der Waals surface area contributed by atoms with Gasteiger partial charge in [0.05, 0.1) is 18.4 Å². The van der Waals surface area contributed by atoms with Gasteiger partial charge in [0.1, 0.15) is 5.75 Å². The Kier molecular flexibility index (Phi) is 3.47. The summed E-state index contributed by atoms with van der Waals surface area (Å²) in [5.41, 5.74) is -0.0222. The topological polar surface area (TPSA) is 42.4 Å². The summed E-state index contributed by atoms with van der Waals surface area (Å²) in [6.07, 6.45) is 3.98. The molecule has 0 aliphatic carbocycles. The van der Waals surface area contributed by atoms with Crippen molar-refractivity contribution >= 4 is 0 Å². The average Bonchev–Trinajstić information content (AvgIpc) is 2.19. The first-order valence-electron chi connectivity index (χ1n) is 4.91. The first-order valence-corrected chi connectivity index (χ1v) is 4.91. The molecule has 1 heterocycles. The lowest BCUT2D eigenvalue weighted by Crippen LogP contribution is -2.19. The fourth-order valence-corrected chi connectivity index (χ4v) is 1.16. The van der Waals surface area contributed by atoms with Crippen LogP contribution in [0.25, 0.3) is 0 Å². The molecule has 0 saturated heterocycles. The van der Waals surface area contributed by atoms with Gasteiger partial charge in [-0.05, 0) is 26.3 Å². The molecule has 78 valence electrons. The maximum Gasteiger partial charge on any atom is 0.137 e. The van der Waals surface area contributed by atoms with Crippen molar-refractivity contribution in [2.45, 2.75) is 32.8 Å². The lowest BCUT2D eigenvalue weighted by atomic mass is 9.95. The smallest absolute Gasteiger partial charge is 0.137 e.